The highest BCUT2D eigenvalue weighted by Gasteiger charge is 2.04. The van der Waals surface area contributed by atoms with Crippen molar-refractivity contribution < 1.29 is 24.5 Å². The Labute approximate surface area is 234 Å². The van der Waals surface area contributed by atoms with Gasteiger partial charge < -0.3 is 14.9 Å². The topological polar surface area (TPSA) is 83.8 Å². The van der Waals surface area contributed by atoms with Gasteiger partial charge in [-0.3, -0.25) is 9.59 Å². The van der Waals surface area contributed by atoms with Crippen molar-refractivity contribution in [2.45, 2.75) is 167 Å². The number of carbonyl (C=O) groups is 2. The van der Waals surface area contributed by atoms with Crippen LogP contribution in [0.25, 0.3) is 0 Å². The van der Waals surface area contributed by atoms with Gasteiger partial charge in [-0.1, -0.05) is 88.5 Å². The van der Waals surface area contributed by atoms with E-state index in [1.807, 2.05) is 6.92 Å². The number of ether oxygens (including phenoxy) is 1. The van der Waals surface area contributed by atoms with E-state index < -0.39 is 5.97 Å². The molecule has 1 atom stereocenters. The monoisotopic (exact) mass is 536 g/mol. The van der Waals surface area contributed by atoms with Crippen molar-refractivity contribution in [3.8, 4) is 0 Å². The number of carbonyl (C=O) groups excluding carboxylic acids is 1. The van der Waals surface area contributed by atoms with E-state index in [9.17, 15) is 14.7 Å². The molecule has 0 saturated carbocycles. The predicted molar refractivity (Wildman–Crippen MR) is 159 cm³/mol. The van der Waals surface area contributed by atoms with Gasteiger partial charge in [-0.25, -0.2) is 0 Å². The highest BCUT2D eigenvalue weighted by molar-refractivity contribution is 5.69. The number of carboxylic acids is 1. The molecule has 0 fully saturated rings. The van der Waals surface area contributed by atoms with Gasteiger partial charge in [0, 0.05) is 12.8 Å². The summed E-state index contributed by atoms with van der Waals surface area (Å²) in [6, 6.07) is 0. The lowest BCUT2D eigenvalue weighted by Gasteiger charge is -2.10. The van der Waals surface area contributed by atoms with Crippen LogP contribution in [0.1, 0.15) is 161 Å². The van der Waals surface area contributed by atoms with Crippen LogP contribution in [0.4, 0.5) is 0 Å². The van der Waals surface area contributed by atoms with Crippen molar-refractivity contribution in [1.29, 1.82) is 0 Å². The molecule has 0 aromatic heterocycles. The maximum Gasteiger partial charge on any atom is 0.305 e. The molecule has 0 rings (SSSR count). The average Bonchev–Trinajstić information content (AvgIpc) is 2.89. The van der Waals surface area contributed by atoms with Gasteiger partial charge in [-0.05, 0) is 84.0 Å². The second-order valence-electron chi connectivity index (χ2n) is 10.7. The van der Waals surface area contributed by atoms with Crippen molar-refractivity contribution in [2.75, 3.05) is 6.61 Å². The second kappa shape index (κ2) is 29.9. The smallest absolute Gasteiger partial charge is 0.305 e. The Morgan fingerprint density at radius 3 is 1.37 bits per heavy atom. The number of aliphatic hydroxyl groups is 1. The number of hydrogen-bond donors (Lipinski definition) is 2. The third-order valence-corrected chi connectivity index (χ3v) is 6.97. The van der Waals surface area contributed by atoms with Crippen LogP contribution in [0.2, 0.25) is 0 Å². The molecule has 0 saturated heterocycles. The van der Waals surface area contributed by atoms with Gasteiger partial charge in [0.25, 0.3) is 0 Å². The first-order chi connectivity index (χ1) is 18.6. The van der Waals surface area contributed by atoms with Gasteiger partial charge in [-0.15, -0.1) is 0 Å². The minimum Gasteiger partial charge on any atom is -0.481 e. The van der Waals surface area contributed by atoms with Crippen LogP contribution in [0.5, 0.6) is 0 Å². The van der Waals surface area contributed by atoms with Crippen molar-refractivity contribution in [3.63, 3.8) is 0 Å². The average molecular weight is 537 g/mol. The molecule has 5 heteroatoms. The Morgan fingerprint density at radius 1 is 0.579 bits per heavy atom. The summed E-state index contributed by atoms with van der Waals surface area (Å²) in [5.74, 6) is -0.770. The summed E-state index contributed by atoms with van der Waals surface area (Å²) in [7, 11) is 0. The number of hydrogen-bond acceptors (Lipinski definition) is 4. The summed E-state index contributed by atoms with van der Waals surface area (Å²) in [5.41, 5.74) is 0. The van der Waals surface area contributed by atoms with Gasteiger partial charge in [-0.2, -0.15) is 0 Å². The molecule has 0 bridgehead atoms. The van der Waals surface area contributed by atoms with Gasteiger partial charge in [0.15, 0.2) is 0 Å². The number of unbranched alkanes of at least 4 members (excludes halogenated alkanes) is 16. The molecule has 0 aliphatic heterocycles. The van der Waals surface area contributed by atoms with E-state index in [1.54, 1.807) is 0 Å². The largest absolute Gasteiger partial charge is 0.481 e. The molecule has 0 spiro atoms. The van der Waals surface area contributed by atoms with Crippen LogP contribution in [0.15, 0.2) is 24.3 Å². The van der Waals surface area contributed by atoms with Crippen LogP contribution in [0.3, 0.4) is 0 Å². The highest BCUT2D eigenvalue weighted by atomic mass is 16.5. The minimum atomic E-state index is -0.695. The molecular weight excluding hydrogens is 476 g/mol. The fourth-order valence-corrected chi connectivity index (χ4v) is 4.62. The number of carboxylic acid groups (broad SMARTS) is 1. The van der Waals surface area contributed by atoms with Crippen LogP contribution in [-0.2, 0) is 14.3 Å². The van der Waals surface area contributed by atoms with E-state index in [0.29, 0.717) is 13.0 Å². The summed E-state index contributed by atoms with van der Waals surface area (Å²) in [6.07, 6.45) is 34.7. The van der Waals surface area contributed by atoms with E-state index in [2.05, 4.69) is 24.3 Å². The summed E-state index contributed by atoms with van der Waals surface area (Å²) in [5, 5.41) is 18.8. The molecule has 0 aliphatic carbocycles. The molecule has 0 aliphatic rings. The first-order valence-electron chi connectivity index (χ1n) is 15.9. The van der Waals surface area contributed by atoms with Crippen molar-refractivity contribution in [1.82, 2.24) is 0 Å². The van der Waals surface area contributed by atoms with E-state index >= 15 is 0 Å². The third kappa shape index (κ3) is 30.6. The molecule has 0 amide bonds. The first kappa shape index (κ1) is 36.4. The zero-order valence-corrected chi connectivity index (χ0v) is 24.7. The lowest BCUT2D eigenvalue weighted by Crippen LogP contribution is -2.05. The van der Waals surface area contributed by atoms with Gasteiger partial charge >= 0.3 is 11.9 Å². The van der Waals surface area contributed by atoms with Crippen molar-refractivity contribution >= 4 is 11.9 Å². The third-order valence-electron chi connectivity index (χ3n) is 6.97. The number of esters is 1. The summed E-state index contributed by atoms with van der Waals surface area (Å²) < 4.78 is 4.93. The second-order valence-corrected chi connectivity index (χ2v) is 10.7. The number of allylic oxidation sites excluding steroid dienone is 4. The number of rotatable bonds is 29. The van der Waals surface area contributed by atoms with Crippen molar-refractivity contribution in [2.24, 2.45) is 0 Å². The Hall–Kier alpha value is -1.62. The molecular formula is C33H60O5. The zero-order valence-electron chi connectivity index (χ0n) is 24.7. The van der Waals surface area contributed by atoms with Crippen LogP contribution < -0.4 is 0 Å². The minimum absolute atomic E-state index is 0.0747. The van der Waals surface area contributed by atoms with Crippen LogP contribution >= 0.6 is 0 Å². The van der Waals surface area contributed by atoms with E-state index in [-0.39, 0.29) is 18.5 Å². The maximum atomic E-state index is 11.3. The first-order valence-corrected chi connectivity index (χ1v) is 15.9. The number of aliphatic hydroxyl groups excluding tert-OH is 1. The zero-order chi connectivity index (χ0) is 27.9. The molecule has 222 valence electrons. The fourth-order valence-electron chi connectivity index (χ4n) is 4.62. The summed E-state index contributed by atoms with van der Waals surface area (Å²) >= 11 is 0. The Balaban J connectivity index is 3.28. The predicted octanol–water partition coefficient (Wildman–Crippen LogP) is 9.47. The van der Waals surface area contributed by atoms with E-state index in [4.69, 9.17) is 9.84 Å². The molecule has 2 N–H and O–H groups in total. The Morgan fingerprint density at radius 2 is 0.947 bits per heavy atom. The SMILES string of the molecule is CCOC(=O)CCCCC=CCCCCCCCCC(O)CCCCCCCCC=CCCCCC(=O)O. The van der Waals surface area contributed by atoms with Crippen LogP contribution in [-0.4, -0.2) is 34.9 Å². The van der Waals surface area contributed by atoms with E-state index in [0.717, 1.165) is 77.0 Å². The van der Waals surface area contributed by atoms with Gasteiger partial charge in [0.2, 0.25) is 0 Å². The molecule has 1 unspecified atom stereocenters. The molecule has 38 heavy (non-hydrogen) atoms. The summed E-state index contributed by atoms with van der Waals surface area (Å²) in [6.45, 7) is 2.32. The van der Waals surface area contributed by atoms with E-state index in [1.165, 1.54) is 64.2 Å². The van der Waals surface area contributed by atoms with Crippen LogP contribution in [0, 0.1) is 0 Å². The molecule has 5 nitrogen and oxygen atoms in total. The quantitative estimate of drug-likeness (QED) is 0.0565. The molecule has 0 radical (unpaired) electrons. The standard InChI is InChI=1S/C33H60O5/c1-2-38-33(37)30-26-22-18-14-10-6-4-8-12-16-20-24-28-31(34)27-23-19-15-11-7-3-5-9-13-17-21-25-29-32(35)36/h9-10,13-14,31,34H,2-8,11-12,15-30H2,1H3,(H,35,36). The molecule has 0 aromatic carbocycles. The lowest BCUT2D eigenvalue weighted by molar-refractivity contribution is -0.143. The van der Waals surface area contributed by atoms with Gasteiger partial charge in [0.05, 0.1) is 12.7 Å². The molecule has 0 aromatic rings. The summed E-state index contributed by atoms with van der Waals surface area (Å²) in [4.78, 5) is 21.7. The lowest BCUT2D eigenvalue weighted by atomic mass is 10.0. The molecule has 0 heterocycles. The maximum absolute atomic E-state index is 11.3. The Bertz CT molecular complexity index is 584. The van der Waals surface area contributed by atoms with Gasteiger partial charge in [0.1, 0.15) is 0 Å². The fraction of sp³-hybridized carbons (Fsp3) is 0.818. The normalized spacial score (nSPS) is 12.5. The number of aliphatic carboxylic acids is 1. The van der Waals surface area contributed by atoms with Crippen molar-refractivity contribution in [3.05, 3.63) is 24.3 Å². The Kier molecular flexibility index (Phi) is 28.7. The highest BCUT2D eigenvalue weighted by Crippen LogP contribution is 2.15.